The molecule has 0 amide bonds. The van der Waals surface area contributed by atoms with E-state index in [0.29, 0.717) is 16.6 Å². The van der Waals surface area contributed by atoms with Gasteiger partial charge < -0.3 is 10.2 Å². The van der Waals surface area contributed by atoms with Crippen molar-refractivity contribution in [3.63, 3.8) is 0 Å². The van der Waals surface area contributed by atoms with E-state index in [2.05, 4.69) is 21.2 Å². The van der Waals surface area contributed by atoms with E-state index in [1.54, 1.807) is 0 Å². The smallest absolute Gasteiger partial charge is 0.311 e. The molecule has 0 aliphatic carbocycles. The van der Waals surface area contributed by atoms with Crippen molar-refractivity contribution in [1.29, 1.82) is 0 Å². The second kappa shape index (κ2) is 6.54. The Morgan fingerprint density at radius 1 is 1.28 bits per heavy atom. The summed E-state index contributed by atoms with van der Waals surface area (Å²) < 4.78 is 38.3. The third-order valence-electron chi connectivity index (χ3n) is 2.42. The molecule has 0 unspecified atom stereocenters. The number of nitrogens with zero attached hydrogens (tertiary/aromatic N) is 1. The van der Waals surface area contributed by atoms with Crippen LogP contribution in [0.2, 0.25) is 0 Å². The molecule has 0 aromatic heterocycles. The number of alkyl halides is 3. The van der Waals surface area contributed by atoms with E-state index in [9.17, 15) is 13.2 Å². The maximum Gasteiger partial charge on any atom is 0.416 e. The van der Waals surface area contributed by atoms with Crippen LogP contribution in [0.4, 0.5) is 13.2 Å². The number of nitrogens with one attached hydrogen (secondary N) is 1. The summed E-state index contributed by atoms with van der Waals surface area (Å²) in [6, 6.07) is 3.69. The first-order valence-corrected chi connectivity index (χ1v) is 6.31. The first-order chi connectivity index (χ1) is 8.30. The summed E-state index contributed by atoms with van der Waals surface area (Å²) in [7, 11) is 3.89. The molecule has 0 aliphatic heterocycles. The van der Waals surface area contributed by atoms with Crippen LogP contribution in [0.25, 0.3) is 0 Å². The number of likely N-dealkylation sites (N-methyl/N-ethyl adjacent to an activating group) is 1. The number of hydrogen-bond acceptors (Lipinski definition) is 2. The molecule has 0 radical (unpaired) electrons. The first-order valence-electron chi connectivity index (χ1n) is 5.52. The molecule has 0 aliphatic rings. The van der Waals surface area contributed by atoms with Crippen molar-refractivity contribution in [2.45, 2.75) is 12.7 Å². The highest BCUT2D eigenvalue weighted by Crippen LogP contribution is 2.31. The molecule has 0 spiro atoms. The van der Waals surface area contributed by atoms with E-state index in [1.165, 1.54) is 12.1 Å². The van der Waals surface area contributed by atoms with Gasteiger partial charge in [0.15, 0.2) is 0 Å². The Hall–Kier alpha value is -0.590. The monoisotopic (exact) mass is 324 g/mol. The normalized spacial score (nSPS) is 12.2. The molecular formula is C12H16BrF3N2. The first kappa shape index (κ1) is 15.5. The van der Waals surface area contributed by atoms with E-state index in [4.69, 9.17) is 0 Å². The van der Waals surface area contributed by atoms with Gasteiger partial charge >= 0.3 is 6.18 Å². The van der Waals surface area contributed by atoms with Crippen LogP contribution in [0, 0.1) is 0 Å². The summed E-state index contributed by atoms with van der Waals surface area (Å²) in [4.78, 5) is 2.01. The van der Waals surface area contributed by atoms with Gasteiger partial charge in [-0.1, -0.05) is 15.9 Å². The predicted molar refractivity (Wildman–Crippen MR) is 69.4 cm³/mol. The zero-order valence-electron chi connectivity index (χ0n) is 10.3. The minimum Gasteiger partial charge on any atom is -0.311 e. The third kappa shape index (κ3) is 4.96. The van der Waals surface area contributed by atoms with Crippen LogP contribution < -0.4 is 5.32 Å². The Morgan fingerprint density at radius 3 is 2.50 bits per heavy atom. The molecule has 1 N–H and O–H groups in total. The number of rotatable bonds is 5. The molecule has 0 saturated carbocycles. The quantitative estimate of drug-likeness (QED) is 0.837. The topological polar surface area (TPSA) is 15.3 Å². The summed E-state index contributed by atoms with van der Waals surface area (Å²) in [6.45, 7) is 1.99. The number of benzene rings is 1. The van der Waals surface area contributed by atoms with Crippen molar-refractivity contribution >= 4 is 15.9 Å². The molecule has 1 aromatic carbocycles. The van der Waals surface area contributed by atoms with Crippen molar-refractivity contribution < 1.29 is 13.2 Å². The fraction of sp³-hybridized carbons (Fsp3) is 0.500. The highest BCUT2D eigenvalue weighted by atomic mass is 79.9. The predicted octanol–water partition coefficient (Wildman–Crippen LogP) is 3.12. The second-order valence-electron chi connectivity index (χ2n) is 4.28. The standard InChI is InChI=1S/C12H16BrF3N2/c1-18(2)6-5-17-8-9-7-10(12(14,15)16)3-4-11(9)13/h3-4,7,17H,5-6,8H2,1-2H3. The molecule has 1 rings (SSSR count). The Bertz CT molecular complexity index is 391. The van der Waals surface area contributed by atoms with Crippen LogP contribution in [-0.2, 0) is 12.7 Å². The highest BCUT2D eigenvalue weighted by Gasteiger charge is 2.30. The molecule has 2 nitrogen and oxygen atoms in total. The summed E-state index contributed by atoms with van der Waals surface area (Å²) in [6.07, 6.45) is -4.29. The Labute approximate surface area is 113 Å². The van der Waals surface area contributed by atoms with Gasteiger partial charge in [0.25, 0.3) is 0 Å². The van der Waals surface area contributed by atoms with E-state index in [1.807, 2.05) is 19.0 Å². The van der Waals surface area contributed by atoms with Gasteiger partial charge in [-0.2, -0.15) is 13.2 Å². The van der Waals surface area contributed by atoms with Gasteiger partial charge in [0, 0.05) is 24.1 Å². The lowest BCUT2D eigenvalue weighted by Crippen LogP contribution is -2.26. The molecular weight excluding hydrogens is 309 g/mol. The summed E-state index contributed by atoms with van der Waals surface area (Å²) >= 11 is 3.26. The van der Waals surface area contributed by atoms with Crippen LogP contribution in [0.15, 0.2) is 22.7 Å². The maximum absolute atomic E-state index is 12.6. The average molecular weight is 325 g/mol. The number of halogens is 4. The van der Waals surface area contributed by atoms with Gasteiger partial charge in [0.05, 0.1) is 5.56 Å². The zero-order chi connectivity index (χ0) is 13.8. The van der Waals surface area contributed by atoms with Crippen LogP contribution in [-0.4, -0.2) is 32.1 Å². The lowest BCUT2D eigenvalue weighted by molar-refractivity contribution is -0.137. The molecule has 0 atom stereocenters. The van der Waals surface area contributed by atoms with Gasteiger partial charge in [-0.05, 0) is 37.9 Å². The van der Waals surface area contributed by atoms with Gasteiger partial charge in [0.1, 0.15) is 0 Å². The largest absolute Gasteiger partial charge is 0.416 e. The van der Waals surface area contributed by atoms with Crippen molar-refractivity contribution in [2.24, 2.45) is 0 Å². The fourth-order valence-corrected chi connectivity index (χ4v) is 1.80. The molecule has 18 heavy (non-hydrogen) atoms. The molecule has 0 bridgehead atoms. The Morgan fingerprint density at radius 2 is 1.94 bits per heavy atom. The Balaban J connectivity index is 2.64. The minimum atomic E-state index is -4.29. The van der Waals surface area contributed by atoms with Crippen molar-refractivity contribution in [1.82, 2.24) is 10.2 Å². The molecule has 6 heteroatoms. The fourth-order valence-electron chi connectivity index (χ4n) is 1.41. The van der Waals surface area contributed by atoms with Gasteiger partial charge in [0.2, 0.25) is 0 Å². The molecule has 0 fully saturated rings. The van der Waals surface area contributed by atoms with E-state index in [-0.39, 0.29) is 0 Å². The van der Waals surface area contributed by atoms with E-state index in [0.717, 1.165) is 19.2 Å². The number of hydrogen-bond donors (Lipinski definition) is 1. The molecule has 0 heterocycles. The van der Waals surface area contributed by atoms with E-state index >= 15 is 0 Å². The summed E-state index contributed by atoms with van der Waals surface area (Å²) in [5, 5.41) is 3.11. The van der Waals surface area contributed by atoms with Gasteiger partial charge in [-0.25, -0.2) is 0 Å². The molecule has 1 aromatic rings. The molecule has 0 saturated heterocycles. The third-order valence-corrected chi connectivity index (χ3v) is 3.20. The van der Waals surface area contributed by atoms with Crippen molar-refractivity contribution in [3.8, 4) is 0 Å². The van der Waals surface area contributed by atoms with Gasteiger partial charge in [-0.3, -0.25) is 0 Å². The van der Waals surface area contributed by atoms with Crippen LogP contribution in [0.5, 0.6) is 0 Å². The minimum absolute atomic E-state index is 0.415. The van der Waals surface area contributed by atoms with Crippen molar-refractivity contribution in [2.75, 3.05) is 27.2 Å². The zero-order valence-corrected chi connectivity index (χ0v) is 11.9. The summed E-state index contributed by atoms with van der Waals surface area (Å²) in [5.74, 6) is 0. The lowest BCUT2D eigenvalue weighted by Gasteiger charge is -2.13. The van der Waals surface area contributed by atoms with Crippen molar-refractivity contribution in [3.05, 3.63) is 33.8 Å². The Kier molecular flexibility index (Phi) is 5.62. The second-order valence-corrected chi connectivity index (χ2v) is 5.14. The molecule has 102 valence electrons. The van der Waals surface area contributed by atoms with Crippen LogP contribution >= 0.6 is 15.9 Å². The average Bonchev–Trinajstić information content (AvgIpc) is 2.24. The van der Waals surface area contributed by atoms with Gasteiger partial charge in [-0.15, -0.1) is 0 Å². The SMILES string of the molecule is CN(C)CCNCc1cc(C(F)(F)F)ccc1Br. The van der Waals surface area contributed by atoms with Crippen LogP contribution in [0.1, 0.15) is 11.1 Å². The lowest BCUT2D eigenvalue weighted by atomic mass is 10.1. The van der Waals surface area contributed by atoms with Crippen LogP contribution in [0.3, 0.4) is 0 Å². The highest BCUT2D eigenvalue weighted by molar-refractivity contribution is 9.10. The van der Waals surface area contributed by atoms with E-state index < -0.39 is 11.7 Å². The maximum atomic E-state index is 12.6. The summed E-state index contributed by atoms with van der Waals surface area (Å²) in [5.41, 5.74) is -0.00121.